The number of carbonyl (C=O) groups excluding carboxylic acids is 2. The predicted octanol–water partition coefficient (Wildman–Crippen LogP) is 2.58. The second kappa shape index (κ2) is 8.70. The number of nitrogens with zero attached hydrogens (tertiary/aromatic N) is 1. The van der Waals surface area contributed by atoms with Gasteiger partial charge in [-0.15, -0.1) is 0 Å². The van der Waals surface area contributed by atoms with Gasteiger partial charge in [0.2, 0.25) is 6.79 Å². The monoisotopic (exact) mass is 370 g/mol. The van der Waals surface area contributed by atoms with Crippen LogP contribution >= 0.6 is 0 Å². The molecule has 0 fully saturated rings. The zero-order chi connectivity index (χ0) is 19.1. The average molecular weight is 370 g/mol. The number of ether oxygens (including phenoxy) is 3. The van der Waals surface area contributed by atoms with Gasteiger partial charge in [0.05, 0.1) is 18.4 Å². The van der Waals surface area contributed by atoms with E-state index in [1.165, 1.54) is 6.21 Å². The first-order valence-electron chi connectivity index (χ1n) is 8.27. The molecule has 27 heavy (non-hydrogen) atoms. The Morgan fingerprint density at radius 1 is 1.15 bits per heavy atom. The average Bonchev–Trinajstić information content (AvgIpc) is 3.14. The highest BCUT2D eigenvalue weighted by molar-refractivity contribution is 5.93. The molecule has 0 atom stereocenters. The summed E-state index contributed by atoms with van der Waals surface area (Å²) in [5.41, 5.74) is 1.71. The number of oxime groups is 1. The van der Waals surface area contributed by atoms with Crippen LogP contribution in [0, 0.1) is 0 Å². The van der Waals surface area contributed by atoms with E-state index in [1.54, 1.807) is 49.4 Å². The molecule has 3 rings (SSSR count). The minimum atomic E-state index is -0.406. The molecule has 8 nitrogen and oxygen atoms in total. The van der Waals surface area contributed by atoms with Crippen LogP contribution in [-0.4, -0.2) is 38.1 Å². The van der Waals surface area contributed by atoms with Crippen LogP contribution in [0.15, 0.2) is 47.6 Å². The first-order chi connectivity index (χ1) is 13.2. The lowest BCUT2D eigenvalue weighted by Gasteiger charge is -2.06. The molecular formula is C19H18N2O6. The van der Waals surface area contributed by atoms with Gasteiger partial charge in [0.15, 0.2) is 18.1 Å². The summed E-state index contributed by atoms with van der Waals surface area (Å²) in [4.78, 5) is 28.4. The summed E-state index contributed by atoms with van der Waals surface area (Å²) in [6, 6.07) is 11.7. The molecule has 1 aliphatic heterocycles. The molecule has 0 aromatic heterocycles. The number of amides is 1. The number of anilines is 1. The van der Waals surface area contributed by atoms with Crippen molar-refractivity contribution in [3.05, 3.63) is 53.6 Å². The SMILES string of the molecule is CCOC(=O)c1ccc(NC(=O)CON=Cc2ccc3c(c2)OCO3)cc1. The molecule has 2 aromatic rings. The van der Waals surface area contributed by atoms with E-state index < -0.39 is 5.97 Å². The Kier molecular flexibility index (Phi) is 5.88. The third-order valence-corrected chi connectivity index (χ3v) is 3.55. The maximum absolute atomic E-state index is 11.9. The number of benzene rings is 2. The van der Waals surface area contributed by atoms with Gasteiger partial charge in [0.1, 0.15) is 0 Å². The highest BCUT2D eigenvalue weighted by Crippen LogP contribution is 2.31. The molecule has 1 heterocycles. The van der Waals surface area contributed by atoms with Gasteiger partial charge >= 0.3 is 5.97 Å². The van der Waals surface area contributed by atoms with E-state index in [0.717, 1.165) is 5.56 Å². The first-order valence-corrected chi connectivity index (χ1v) is 8.27. The number of hydrogen-bond acceptors (Lipinski definition) is 7. The Morgan fingerprint density at radius 2 is 1.93 bits per heavy atom. The van der Waals surface area contributed by atoms with E-state index in [9.17, 15) is 9.59 Å². The smallest absolute Gasteiger partial charge is 0.338 e. The third kappa shape index (κ3) is 4.97. The lowest BCUT2D eigenvalue weighted by molar-refractivity contribution is -0.120. The number of esters is 1. The third-order valence-electron chi connectivity index (χ3n) is 3.55. The zero-order valence-corrected chi connectivity index (χ0v) is 14.6. The van der Waals surface area contributed by atoms with Gasteiger partial charge in [-0.25, -0.2) is 4.79 Å². The van der Waals surface area contributed by atoms with E-state index in [4.69, 9.17) is 19.0 Å². The maximum Gasteiger partial charge on any atom is 0.338 e. The molecule has 0 bridgehead atoms. The van der Waals surface area contributed by atoms with Crippen LogP contribution in [-0.2, 0) is 14.4 Å². The molecule has 0 saturated carbocycles. The van der Waals surface area contributed by atoms with Crippen LogP contribution in [0.25, 0.3) is 0 Å². The van der Waals surface area contributed by atoms with Crippen molar-refractivity contribution in [2.24, 2.45) is 5.16 Å². The molecule has 0 saturated heterocycles. The van der Waals surface area contributed by atoms with Crippen LogP contribution in [0.2, 0.25) is 0 Å². The summed E-state index contributed by atoms with van der Waals surface area (Å²) in [5, 5.41) is 6.41. The molecular weight excluding hydrogens is 352 g/mol. The summed E-state index contributed by atoms with van der Waals surface area (Å²) in [6.45, 7) is 2.00. The molecule has 0 radical (unpaired) electrons. The fourth-order valence-corrected chi connectivity index (χ4v) is 2.29. The van der Waals surface area contributed by atoms with Crippen molar-refractivity contribution in [3.63, 3.8) is 0 Å². The van der Waals surface area contributed by atoms with Crippen molar-refractivity contribution < 1.29 is 28.6 Å². The van der Waals surface area contributed by atoms with E-state index >= 15 is 0 Å². The van der Waals surface area contributed by atoms with E-state index in [0.29, 0.717) is 29.4 Å². The number of fused-ring (bicyclic) bond motifs is 1. The fourth-order valence-electron chi connectivity index (χ4n) is 2.29. The Morgan fingerprint density at radius 3 is 2.70 bits per heavy atom. The molecule has 140 valence electrons. The highest BCUT2D eigenvalue weighted by atomic mass is 16.7. The van der Waals surface area contributed by atoms with Crippen molar-refractivity contribution in [3.8, 4) is 11.5 Å². The van der Waals surface area contributed by atoms with E-state index in [2.05, 4.69) is 10.5 Å². The van der Waals surface area contributed by atoms with E-state index in [1.807, 2.05) is 0 Å². The zero-order valence-electron chi connectivity index (χ0n) is 14.6. The van der Waals surface area contributed by atoms with Gasteiger partial charge in [-0.05, 0) is 49.4 Å². The van der Waals surface area contributed by atoms with E-state index in [-0.39, 0.29) is 19.3 Å². The maximum atomic E-state index is 11.9. The van der Waals surface area contributed by atoms with Gasteiger partial charge in [-0.3, -0.25) is 4.79 Å². The second-order valence-corrected chi connectivity index (χ2v) is 5.47. The van der Waals surface area contributed by atoms with Gasteiger partial charge in [0.25, 0.3) is 5.91 Å². The number of rotatable bonds is 7. The summed E-state index contributed by atoms with van der Waals surface area (Å²) in [7, 11) is 0. The van der Waals surface area contributed by atoms with Crippen molar-refractivity contribution in [1.82, 2.24) is 0 Å². The Balaban J connectivity index is 1.45. The summed E-state index contributed by atoms with van der Waals surface area (Å²) < 4.78 is 15.4. The fraction of sp³-hybridized carbons (Fsp3) is 0.211. The number of carbonyl (C=O) groups is 2. The Bertz CT molecular complexity index is 848. The van der Waals surface area contributed by atoms with Gasteiger partial charge in [-0.1, -0.05) is 5.16 Å². The lowest BCUT2D eigenvalue weighted by atomic mass is 10.2. The van der Waals surface area contributed by atoms with Crippen molar-refractivity contribution >= 4 is 23.8 Å². The second-order valence-electron chi connectivity index (χ2n) is 5.47. The minimum Gasteiger partial charge on any atom is -0.462 e. The largest absolute Gasteiger partial charge is 0.462 e. The highest BCUT2D eigenvalue weighted by Gasteiger charge is 2.12. The summed E-state index contributed by atoms with van der Waals surface area (Å²) in [5.74, 6) is 0.544. The van der Waals surface area contributed by atoms with Crippen LogP contribution in [0.3, 0.4) is 0 Å². The Labute approximate surface area is 155 Å². The normalized spacial score (nSPS) is 12.0. The molecule has 8 heteroatoms. The summed E-state index contributed by atoms with van der Waals surface area (Å²) in [6.07, 6.45) is 1.48. The van der Waals surface area contributed by atoms with Crippen LogP contribution in [0.5, 0.6) is 11.5 Å². The first kappa shape index (κ1) is 18.2. The van der Waals surface area contributed by atoms with Crippen molar-refractivity contribution in [1.29, 1.82) is 0 Å². The van der Waals surface area contributed by atoms with Crippen LogP contribution in [0.1, 0.15) is 22.8 Å². The molecule has 1 amide bonds. The Hall–Kier alpha value is -3.55. The number of hydrogen-bond donors (Lipinski definition) is 1. The number of nitrogens with one attached hydrogen (secondary N) is 1. The van der Waals surface area contributed by atoms with Gasteiger partial charge < -0.3 is 24.4 Å². The van der Waals surface area contributed by atoms with Crippen LogP contribution < -0.4 is 14.8 Å². The predicted molar refractivity (Wildman–Crippen MR) is 97.1 cm³/mol. The molecule has 2 aromatic carbocycles. The molecule has 1 N–H and O–H groups in total. The van der Waals surface area contributed by atoms with Crippen molar-refractivity contribution in [2.75, 3.05) is 25.3 Å². The molecule has 0 spiro atoms. The van der Waals surface area contributed by atoms with Crippen LogP contribution in [0.4, 0.5) is 5.69 Å². The van der Waals surface area contributed by atoms with Crippen molar-refractivity contribution in [2.45, 2.75) is 6.92 Å². The quantitative estimate of drug-likeness (QED) is 0.457. The topological polar surface area (TPSA) is 95.5 Å². The van der Waals surface area contributed by atoms with Gasteiger partial charge in [-0.2, -0.15) is 0 Å². The standard InChI is InChI=1S/C19H18N2O6/c1-2-24-19(23)14-4-6-15(7-5-14)21-18(22)11-27-20-10-13-3-8-16-17(9-13)26-12-25-16/h3-10H,2,11-12H2,1H3,(H,21,22). The molecule has 0 unspecified atom stereocenters. The van der Waals surface area contributed by atoms with Gasteiger partial charge in [0, 0.05) is 11.3 Å². The summed E-state index contributed by atoms with van der Waals surface area (Å²) >= 11 is 0. The minimum absolute atomic E-state index is 0.202. The lowest BCUT2D eigenvalue weighted by Crippen LogP contribution is -2.17. The molecule has 1 aliphatic rings. The molecule has 0 aliphatic carbocycles.